The fraction of sp³-hybridized carbons (Fsp3) is 0.385. The summed E-state index contributed by atoms with van der Waals surface area (Å²) in [5, 5.41) is 9.69. The van der Waals surface area contributed by atoms with Crippen LogP contribution in [0.1, 0.15) is 41.3 Å². The first-order valence-electron chi connectivity index (χ1n) is 10.7. The van der Waals surface area contributed by atoms with Crippen LogP contribution >= 0.6 is 11.3 Å². The van der Waals surface area contributed by atoms with Crippen molar-refractivity contribution in [3.05, 3.63) is 82.0 Å². The van der Waals surface area contributed by atoms with Crippen LogP contribution in [0.25, 0.3) is 10.4 Å². The Morgan fingerprint density at radius 3 is 2.65 bits per heavy atom. The second kappa shape index (κ2) is 9.21. The van der Waals surface area contributed by atoms with Gasteiger partial charge in [0.25, 0.3) is 0 Å². The molecule has 4 rings (SSSR count). The van der Waals surface area contributed by atoms with Crippen molar-refractivity contribution in [1.29, 1.82) is 0 Å². The summed E-state index contributed by atoms with van der Waals surface area (Å²) in [6.07, 6.45) is 2.19. The SMILES string of the molecule is COC1(c2ccc(C)c(Cc3ccc(-c4ccc(F)cc4)s3)c2)CC(C)CC(CO)O1. The van der Waals surface area contributed by atoms with Crippen molar-refractivity contribution in [3.63, 3.8) is 0 Å². The van der Waals surface area contributed by atoms with Crippen molar-refractivity contribution in [2.45, 2.75) is 45.0 Å². The van der Waals surface area contributed by atoms with Crippen LogP contribution in [0, 0.1) is 18.7 Å². The fourth-order valence-corrected chi connectivity index (χ4v) is 5.47. The number of benzene rings is 2. The number of aliphatic hydroxyl groups is 1. The number of hydrogen-bond acceptors (Lipinski definition) is 4. The lowest BCUT2D eigenvalue weighted by atomic mass is 9.86. The summed E-state index contributed by atoms with van der Waals surface area (Å²) < 4.78 is 25.4. The van der Waals surface area contributed by atoms with Crippen LogP contribution in [0.2, 0.25) is 0 Å². The van der Waals surface area contributed by atoms with E-state index in [1.807, 2.05) is 12.1 Å². The van der Waals surface area contributed by atoms with Gasteiger partial charge in [0.15, 0.2) is 5.79 Å². The van der Waals surface area contributed by atoms with Crippen LogP contribution in [0.15, 0.2) is 54.6 Å². The third-order valence-electron chi connectivity index (χ3n) is 6.12. The fourth-order valence-electron chi connectivity index (χ4n) is 4.43. The first-order valence-corrected chi connectivity index (χ1v) is 11.5. The molecule has 0 amide bonds. The largest absolute Gasteiger partial charge is 0.394 e. The van der Waals surface area contributed by atoms with E-state index in [1.54, 1.807) is 18.4 Å². The summed E-state index contributed by atoms with van der Waals surface area (Å²) in [6, 6.07) is 17.3. The number of thiophene rings is 1. The van der Waals surface area contributed by atoms with Crippen molar-refractivity contribution in [2.75, 3.05) is 13.7 Å². The molecule has 31 heavy (non-hydrogen) atoms. The molecule has 3 aromatic rings. The number of aryl methyl sites for hydroxylation is 1. The van der Waals surface area contributed by atoms with E-state index >= 15 is 0 Å². The third kappa shape index (κ3) is 4.75. The van der Waals surface area contributed by atoms with Crippen LogP contribution in [0.4, 0.5) is 4.39 Å². The maximum Gasteiger partial charge on any atom is 0.195 e. The summed E-state index contributed by atoms with van der Waals surface area (Å²) in [5.41, 5.74) is 4.47. The lowest BCUT2D eigenvalue weighted by molar-refractivity contribution is -0.291. The van der Waals surface area contributed by atoms with Gasteiger partial charge in [0.05, 0.1) is 12.7 Å². The highest BCUT2D eigenvalue weighted by molar-refractivity contribution is 7.15. The van der Waals surface area contributed by atoms with Gasteiger partial charge in [0.1, 0.15) is 5.82 Å². The summed E-state index contributed by atoms with van der Waals surface area (Å²) in [5.74, 6) is -0.656. The Labute approximate surface area is 187 Å². The minimum absolute atomic E-state index is 0.00444. The van der Waals surface area contributed by atoms with E-state index in [0.717, 1.165) is 35.3 Å². The second-order valence-corrected chi connectivity index (χ2v) is 9.68. The molecule has 1 N–H and O–H groups in total. The topological polar surface area (TPSA) is 38.7 Å². The molecule has 0 radical (unpaired) electrons. The molecule has 1 saturated heterocycles. The van der Waals surface area contributed by atoms with E-state index in [-0.39, 0.29) is 18.5 Å². The molecule has 0 saturated carbocycles. The zero-order valence-electron chi connectivity index (χ0n) is 18.2. The zero-order chi connectivity index (χ0) is 22.0. The van der Waals surface area contributed by atoms with Crippen LogP contribution in [0.5, 0.6) is 0 Å². The van der Waals surface area contributed by atoms with Crippen molar-refractivity contribution < 1.29 is 19.0 Å². The summed E-state index contributed by atoms with van der Waals surface area (Å²) in [4.78, 5) is 2.38. The Hall–Kier alpha value is -2.05. The molecule has 1 aromatic heterocycles. The molecule has 164 valence electrons. The lowest BCUT2D eigenvalue weighted by Crippen LogP contribution is -2.44. The molecule has 3 atom stereocenters. The van der Waals surface area contributed by atoms with Gasteiger partial charge < -0.3 is 14.6 Å². The van der Waals surface area contributed by atoms with Crippen LogP contribution in [-0.4, -0.2) is 24.9 Å². The summed E-state index contributed by atoms with van der Waals surface area (Å²) in [7, 11) is 1.68. The Morgan fingerprint density at radius 2 is 1.94 bits per heavy atom. The molecule has 0 spiro atoms. The quantitative estimate of drug-likeness (QED) is 0.506. The highest BCUT2D eigenvalue weighted by Gasteiger charge is 2.42. The number of methoxy groups -OCH3 is 1. The Morgan fingerprint density at radius 1 is 1.16 bits per heavy atom. The molecular weight excluding hydrogens is 411 g/mol. The maximum atomic E-state index is 13.2. The summed E-state index contributed by atoms with van der Waals surface area (Å²) in [6.45, 7) is 4.29. The molecule has 0 bridgehead atoms. The highest BCUT2D eigenvalue weighted by Crippen LogP contribution is 2.42. The summed E-state index contributed by atoms with van der Waals surface area (Å²) >= 11 is 1.73. The van der Waals surface area contributed by atoms with Gasteiger partial charge in [-0.2, -0.15) is 0 Å². The van der Waals surface area contributed by atoms with Gasteiger partial charge in [-0.15, -0.1) is 11.3 Å². The Bertz CT molecular complexity index is 1030. The number of rotatable bonds is 6. The van der Waals surface area contributed by atoms with Crippen molar-refractivity contribution in [2.24, 2.45) is 5.92 Å². The van der Waals surface area contributed by atoms with Gasteiger partial charge in [-0.25, -0.2) is 4.39 Å². The first-order chi connectivity index (χ1) is 14.9. The number of aliphatic hydroxyl groups excluding tert-OH is 1. The lowest BCUT2D eigenvalue weighted by Gasteiger charge is -2.43. The molecule has 1 aliphatic rings. The second-order valence-electron chi connectivity index (χ2n) is 8.52. The van der Waals surface area contributed by atoms with E-state index in [9.17, 15) is 9.50 Å². The van der Waals surface area contributed by atoms with Crippen molar-refractivity contribution in [3.8, 4) is 10.4 Å². The predicted octanol–water partition coefficient (Wildman–Crippen LogP) is 6.06. The molecular formula is C26H29FO3S. The van der Waals surface area contributed by atoms with Gasteiger partial charge in [-0.05, 0) is 66.3 Å². The van der Waals surface area contributed by atoms with Crippen LogP contribution in [0.3, 0.4) is 0 Å². The maximum absolute atomic E-state index is 13.2. The van der Waals surface area contributed by atoms with Crippen LogP contribution < -0.4 is 0 Å². The molecule has 0 aliphatic carbocycles. The van der Waals surface area contributed by atoms with Gasteiger partial charge >= 0.3 is 0 Å². The third-order valence-corrected chi connectivity index (χ3v) is 7.25. The Kier molecular flexibility index (Phi) is 6.58. The van der Waals surface area contributed by atoms with Gasteiger partial charge in [0.2, 0.25) is 0 Å². The van der Waals surface area contributed by atoms with Gasteiger partial charge in [-0.1, -0.05) is 31.2 Å². The smallest absolute Gasteiger partial charge is 0.195 e. The van der Waals surface area contributed by atoms with E-state index in [4.69, 9.17) is 9.47 Å². The monoisotopic (exact) mass is 440 g/mol. The highest BCUT2D eigenvalue weighted by atomic mass is 32.1. The van der Waals surface area contributed by atoms with E-state index in [2.05, 4.69) is 44.2 Å². The van der Waals surface area contributed by atoms with Crippen molar-refractivity contribution >= 4 is 11.3 Å². The minimum atomic E-state index is -0.831. The predicted molar refractivity (Wildman–Crippen MR) is 123 cm³/mol. The van der Waals surface area contributed by atoms with Gasteiger partial charge in [0, 0.05) is 35.3 Å². The van der Waals surface area contributed by atoms with E-state index in [1.165, 1.54) is 28.1 Å². The van der Waals surface area contributed by atoms with Gasteiger partial charge in [-0.3, -0.25) is 0 Å². The normalized spacial score (nSPS) is 23.8. The molecule has 3 nitrogen and oxygen atoms in total. The average molecular weight is 441 g/mol. The van der Waals surface area contributed by atoms with Crippen LogP contribution in [-0.2, 0) is 21.7 Å². The minimum Gasteiger partial charge on any atom is -0.394 e. The first kappa shape index (κ1) is 22.2. The molecule has 2 aromatic carbocycles. The molecule has 5 heteroatoms. The molecule has 1 fully saturated rings. The van der Waals surface area contributed by atoms with Crippen molar-refractivity contribution in [1.82, 2.24) is 0 Å². The van der Waals surface area contributed by atoms with E-state index < -0.39 is 5.79 Å². The zero-order valence-corrected chi connectivity index (χ0v) is 19.0. The van der Waals surface area contributed by atoms with E-state index in [0.29, 0.717) is 5.92 Å². The average Bonchev–Trinajstić information content (AvgIpc) is 3.23. The number of ether oxygens (including phenoxy) is 2. The molecule has 2 heterocycles. The molecule has 1 aliphatic heterocycles. The number of halogens is 1. The number of hydrogen-bond donors (Lipinski definition) is 1. The standard InChI is InChI=1S/C26H29FO3S/c1-17-12-23(16-28)30-26(15-17,29-3)21-7-4-18(2)20(13-21)14-24-10-11-25(31-24)19-5-8-22(27)9-6-19/h4-11,13,17,23,28H,12,14-16H2,1-3H3. The Balaban J connectivity index is 1.60. The molecule has 3 unspecified atom stereocenters.